The molecule has 10 heteroatoms. The van der Waals surface area contributed by atoms with Gasteiger partial charge in [0.25, 0.3) is 5.89 Å². The molecule has 0 bridgehead atoms. The Morgan fingerprint density at radius 3 is 2.50 bits per heavy atom. The highest BCUT2D eigenvalue weighted by molar-refractivity contribution is 5.85. The number of hydrogen-bond donors (Lipinski definition) is 1. The van der Waals surface area contributed by atoms with Crippen molar-refractivity contribution in [3.05, 3.63) is 11.7 Å². The van der Waals surface area contributed by atoms with E-state index in [1.807, 2.05) is 0 Å². The predicted molar refractivity (Wildman–Crippen MR) is 70.1 cm³/mol. The largest absolute Gasteiger partial charge is 0.523 e. The van der Waals surface area contributed by atoms with E-state index in [2.05, 4.69) is 14.9 Å². The van der Waals surface area contributed by atoms with Gasteiger partial charge in [0.05, 0.1) is 6.61 Å². The minimum Gasteiger partial charge on any atom is -0.367 e. The first kappa shape index (κ1) is 17.5. The molecule has 2 fully saturated rings. The molecular weight excluding hydrogens is 327 g/mol. The molecule has 0 spiro atoms. The number of aromatic nitrogens is 2. The monoisotopic (exact) mass is 343 g/mol. The van der Waals surface area contributed by atoms with Crippen molar-refractivity contribution in [2.75, 3.05) is 6.61 Å². The predicted octanol–water partition coefficient (Wildman–Crippen LogP) is 2.59. The van der Waals surface area contributed by atoms with E-state index in [1.54, 1.807) is 0 Å². The minimum absolute atomic E-state index is 0. The molecule has 22 heavy (non-hydrogen) atoms. The van der Waals surface area contributed by atoms with E-state index in [4.69, 9.17) is 15.0 Å². The molecule has 0 radical (unpaired) electrons. The zero-order valence-corrected chi connectivity index (χ0v) is 12.5. The summed E-state index contributed by atoms with van der Waals surface area (Å²) in [6.45, 7) is 0.368. The molecule has 1 aromatic rings. The van der Waals surface area contributed by atoms with E-state index in [1.165, 1.54) is 0 Å². The van der Waals surface area contributed by atoms with Crippen LogP contribution in [0.1, 0.15) is 49.9 Å². The lowest BCUT2D eigenvalue weighted by Gasteiger charge is -2.38. The topological polar surface area (TPSA) is 83.4 Å². The van der Waals surface area contributed by atoms with Crippen LogP contribution in [0.25, 0.3) is 0 Å². The summed E-state index contributed by atoms with van der Waals surface area (Å²) < 4.78 is 52.3. The van der Waals surface area contributed by atoms with Gasteiger partial charge in [-0.3, -0.25) is 4.74 Å². The van der Waals surface area contributed by atoms with Gasteiger partial charge in [-0.2, -0.15) is 4.98 Å². The van der Waals surface area contributed by atoms with Gasteiger partial charge in [0, 0.05) is 6.04 Å². The van der Waals surface area contributed by atoms with Crippen molar-refractivity contribution in [1.29, 1.82) is 0 Å². The van der Waals surface area contributed by atoms with E-state index < -0.39 is 18.1 Å². The zero-order chi connectivity index (χ0) is 15.1. The molecule has 2 aliphatic rings. The van der Waals surface area contributed by atoms with Crippen molar-refractivity contribution < 1.29 is 27.2 Å². The quantitative estimate of drug-likeness (QED) is 0.908. The molecule has 0 amide bonds. The van der Waals surface area contributed by atoms with Crippen molar-refractivity contribution in [2.24, 2.45) is 5.73 Å². The molecule has 1 aliphatic carbocycles. The third-order valence-electron chi connectivity index (χ3n) is 3.91. The normalized spacial score (nSPS) is 27.8. The van der Waals surface area contributed by atoms with Gasteiger partial charge in [-0.05, 0) is 32.1 Å². The van der Waals surface area contributed by atoms with E-state index in [0.717, 1.165) is 6.42 Å². The number of alkyl halides is 3. The van der Waals surface area contributed by atoms with Crippen LogP contribution in [0.5, 0.6) is 0 Å². The molecule has 1 aromatic heterocycles. The molecule has 6 nitrogen and oxygen atoms in total. The van der Waals surface area contributed by atoms with Crippen LogP contribution in [-0.4, -0.2) is 29.2 Å². The maximum absolute atomic E-state index is 12.5. The van der Waals surface area contributed by atoms with E-state index in [0.29, 0.717) is 19.4 Å². The molecule has 0 aromatic carbocycles. The van der Waals surface area contributed by atoms with Crippen molar-refractivity contribution in [1.82, 2.24) is 10.1 Å². The summed E-state index contributed by atoms with van der Waals surface area (Å²) in [5.74, 6) is 0.133. The smallest absolute Gasteiger partial charge is 0.367 e. The highest BCUT2D eigenvalue weighted by atomic mass is 35.5. The van der Waals surface area contributed by atoms with Gasteiger partial charge in [-0.1, -0.05) is 5.16 Å². The molecular formula is C12H17ClF3N3O3. The standard InChI is InChI=1S/C12H16F3N3O3.ClH/c13-12(14,15)21-11(4-1-5-11)10-17-9(20-18-10)8-3-2-7(16)6-19-8;/h7-8H,1-6,16H2;1H/t7-,8+;/m1./s1. The highest BCUT2D eigenvalue weighted by Crippen LogP contribution is 2.47. The number of hydrogen-bond acceptors (Lipinski definition) is 6. The van der Waals surface area contributed by atoms with Crippen LogP contribution in [0.15, 0.2) is 4.52 Å². The fraction of sp³-hybridized carbons (Fsp3) is 0.833. The van der Waals surface area contributed by atoms with Crippen molar-refractivity contribution in [3.8, 4) is 0 Å². The van der Waals surface area contributed by atoms with E-state index in [-0.39, 0.29) is 43.0 Å². The fourth-order valence-corrected chi connectivity index (χ4v) is 2.61. The summed E-state index contributed by atoms with van der Waals surface area (Å²) in [5.41, 5.74) is 4.20. The van der Waals surface area contributed by atoms with Crippen LogP contribution in [0.2, 0.25) is 0 Å². The van der Waals surface area contributed by atoms with Crippen molar-refractivity contribution in [2.45, 2.75) is 56.2 Å². The first-order valence-corrected chi connectivity index (χ1v) is 6.86. The number of ether oxygens (including phenoxy) is 2. The van der Waals surface area contributed by atoms with E-state index in [9.17, 15) is 13.2 Å². The minimum atomic E-state index is -4.73. The summed E-state index contributed by atoms with van der Waals surface area (Å²) in [6, 6.07) is -0.0322. The zero-order valence-electron chi connectivity index (χ0n) is 11.6. The van der Waals surface area contributed by atoms with Crippen LogP contribution >= 0.6 is 12.4 Å². The Labute approximate surface area is 130 Å². The third kappa shape index (κ3) is 3.53. The summed E-state index contributed by atoms with van der Waals surface area (Å²) >= 11 is 0. The Morgan fingerprint density at radius 1 is 1.27 bits per heavy atom. The third-order valence-corrected chi connectivity index (χ3v) is 3.91. The molecule has 3 rings (SSSR count). The van der Waals surface area contributed by atoms with Crippen LogP contribution in [0.4, 0.5) is 13.2 Å². The first-order valence-electron chi connectivity index (χ1n) is 6.86. The second kappa shape index (κ2) is 6.31. The van der Waals surface area contributed by atoms with Crippen molar-refractivity contribution >= 4 is 12.4 Å². The van der Waals surface area contributed by atoms with Gasteiger partial charge >= 0.3 is 6.36 Å². The molecule has 0 unspecified atom stereocenters. The number of halogens is 4. The molecule has 1 aliphatic heterocycles. The summed E-state index contributed by atoms with van der Waals surface area (Å²) in [4.78, 5) is 4.07. The lowest BCUT2D eigenvalue weighted by molar-refractivity contribution is -0.385. The van der Waals surface area contributed by atoms with Crippen LogP contribution in [0, 0.1) is 0 Å². The maximum atomic E-state index is 12.5. The van der Waals surface area contributed by atoms with Gasteiger partial charge in [0.1, 0.15) is 11.7 Å². The number of rotatable bonds is 3. The average molecular weight is 344 g/mol. The van der Waals surface area contributed by atoms with Gasteiger partial charge < -0.3 is 15.0 Å². The Hall–Kier alpha value is -0.900. The summed E-state index contributed by atoms with van der Waals surface area (Å²) in [6.07, 6.45) is -2.70. The van der Waals surface area contributed by atoms with E-state index >= 15 is 0 Å². The molecule has 1 saturated carbocycles. The molecule has 126 valence electrons. The molecule has 2 heterocycles. The Kier molecular flexibility index (Phi) is 5.00. The Morgan fingerprint density at radius 2 is 2.00 bits per heavy atom. The lowest BCUT2D eigenvalue weighted by Crippen LogP contribution is -2.42. The van der Waals surface area contributed by atoms with Gasteiger partial charge in [-0.25, -0.2) is 0 Å². The number of nitrogens with two attached hydrogens (primary N) is 1. The SMILES string of the molecule is Cl.N[C@@H]1CC[C@@H](c2nc(C3(OC(F)(F)F)CCC3)no2)OC1. The lowest BCUT2D eigenvalue weighted by atomic mass is 9.79. The second-order valence-corrected chi connectivity index (χ2v) is 5.51. The summed E-state index contributed by atoms with van der Waals surface area (Å²) in [7, 11) is 0. The van der Waals surface area contributed by atoms with Crippen molar-refractivity contribution in [3.63, 3.8) is 0 Å². The second-order valence-electron chi connectivity index (χ2n) is 5.51. The number of nitrogens with zero attached hydrogens (tertiary/aromatic N) is 2. The molecule has 1 saturated heterocycles. The molecule has 2 N–H and O–H groups in total. The van der Waals surface area contributed by atoms with Gasteiger partial charge in [-0.15, -0.1) is 25.6 Å². The van der Waals surface area contributed by atoms with Gasteiger partial charge in [0.2, 0.25) is 5.82 Å². The van der Waals surface area contributed by atoms with Crippen LogP contribution in [-0.2, 0) is 15.1 Å². The Bertz CT molecular complexity index is 499. The van der Waals surface area contributed by atoms with Gasteiger partial charge in [0.15, 0.2) is 0 Å². The fourth-order valence-electron chi connectivity index (χ4n) is 2.61. The molecule has 2 atom stereocenters. The first-order chi connectivity index (χ1) is 9.88. The maximum Gasteiger partial charge on any atom is 0.523 e. The summed E-state index contributed by atoms with van der Waals surface area (Å²) in [5, 5.41) is 3.67. The average Bonchev–Trinajstić information content (AvgIpc) is 2.83. The highest BCUT2D eigenvalue weighted by Gasteiger charge is 2.52. The Balaban J connectivity index is 0.00000176. The van der Waals surface area contributed by atoms with Crippen LogP contribution < -0.4 is 5.73 Å². The van der Waals surface area contributed by atoms with Crippen LogP contribution in [0.3, 0.4) is 0 Å².